The molecule has 3 aromatic carbocycles. The van der Waals surface area contributed by atoms with Crippen molar-refractivity contribution in [2.24, 2.45) is 0 Å². The van der Waals surface area contributed by atoms with Crippen molar-refractivity contribution in [3.63, 3.8) is 0 Å². The zero-order valence-corrected chi connectivity index (χ0v) is 19.4. The molecule has 0 N–H and O–H groups in total. The van der Waals surface area contributed by atoms with Gasteiger partial charge in [-0.3, -0.25) is 4.79 Å². The zero-order chi connectivity index (χ0) is 23.3. The number of fused-ring (bicyclic) bond motifs is 1. The molecule has 0 aliphatic carbocycles. The SMILES string of the molecule is COc1ccc(OCCCn2c(C3CC(=O)N(Cc4ccccc4)C3)nc3ccccc32)cc1. The molecule has 34 heavy (non-hydrogen) atoms. The molecular formula is C28H29N3O3. The second-order valence-electron chi connectivity index (χ2n) is 8.65. The van der Waals surface area contributed by atoms with Gasteiger partial charge in [0.05, 0.1) is 24.8 Å². The first-order valence-corrected chi connectivity index (χ1v) is 11.7. The molecule has 174 valence electrons. The van der Waals surface area contributed by atoms with Crippen LogP contribution in [0.1, 0.15) is 30.1 Å². The van der Waals surface area contributed by atoms with Gasteiger partial charge in [-0.1, -0.05) is 42.5 Å². The van der Waals surface area contributed by atoms with Gasteiger partial charge in [-0.15, -0.1) is 0 Å². The molecule has 1 aliphatic heterocycles. The minimum atomic E-state index is 0.0890. The summed E-state index contributed by atoms with van der Waals surface area (Å²) in [7, 11) is 1.65. The van der Waals surface area contributed by atoms with Crippen LogP contribution in [0.4, 0.5) is 0 Å². The number of hydrogen-bond acceptors (Lipinski definition) is 4. The minimum Gasteiger partial charge on any atom is -0.497 e. The van der Waals surface area contributed by atoms with Crippen molar-refractivity contribution in [1.82, 2.24) is 14.5 Å². The Morgan fingerprint density at radius 1 is 0.941 bits per heavy atom. The summed E-state index contributed by atoms with van der Waals surface area (Å²) < 4.78 is 13.4. The van der Waals surface area contributed by atoms with E-state index in [1.165, 1.54) is 0 Å². The highest BCUT2D eigenvalue weighted by atomic mass is 16.5. The van der Waals surface area contributed by atoms with Crippen molar-refractivity contribution in [2.75, 3.05) is 20.3 Å². The molecule has 0 bridgehead atoms. The number of amides is 1. The molecule has 6 nitrogen and oxygen atoms in total. The van der Waals surface area contributed by atoms with Crippen LogP contribution in [0.3, 0.4) is 0 Å². The number of para-hydroxylation sites is 2. The van der Waals surface area contributed by atoms with Crippen LogP contribution in [0.15, 0.2) is 78.9 Å². The Balaban J connectivity index is 1.28. The maximum atomic E-state index is 12.8. The van der Waals surface area contributed by atoms with E-state index in [1.54, 1.807) is 7.11 Å². The second-order valence-corrected chi connectivity index (χ2v) is 8.65. The van der Waals surface area contributed by atoms with E-state index in [2.05, 4.69) is 22.8 Å². The lowest BCUT2D eigenvalue weighted by Gasteiger charge is -2.17. The summed E-state index contributed by atoms with van der Waals surface area (Å²) in [6, 6.07) is 26.0. The van der Waals surface area contributed by atoms with Crippen LogP contribution in [0.25, 0.3) is 11.0 Å². The molecular weight excluding hydrogens is 426 g/mol. The number of benzene rings is 3. The number of methoxy groups -OCH3 is 1. The smallest absolute Gasteiger partial charge is 0.223 e. The lowest BCUT2D eigenvalue weighted by molar-refractivity contribution is -0.128. The predicted molar refractivity (Wildman–Crippen MR) is 132 cm³/mol. The predicted octanol–water partition coefficient (Wildman–Crippen LogP) is 5.03. The van der Waals surface area contributed by atoms with Gasteiger partial charge in [-0.25, -0.2) is 4.98 Å². The number of carbonyl (C=O) groups excluding carboxylic acids is 1. The number of aryl methyl sites for hydroxylation is 1. The van der Waals surface area contributed by atoms with Gasteiger partial charge in [0.2, 0.25) is 5.91 Å². The van der Waals surface area contributed by atoms with Gasteiger partial charge < -0.3 is 18.9 Å². The highest BCUT2D eigenvalue weighted by molar-refractivity contribution is 5.81. The summed E-state index contributed by atoms with van der Waals surface area (Å²) >= 11 is 0. The van der Waals surface area contributed by atoms with E-state index in [0.717, 1.165) is 46.9 Å². The molecule has 1 atom stereocenters. The van der Waals surface area contributed by atoms with Crippen LogP contribution in [0.2, 0.25) is 0 Å². The molecule has 0 radical (unpaired) electrons. The Hall–Kier alpha value is -3.80. The van der Waals surface area contributed by atoms with Crippen LogP contribution in [-0.2, 0) is 17.9 Å². The summed E-state index contributed by atoms with van der Waals surface area (Å²) in [5.41, 5.74) is 3.24. The monoisotopic (exact) mass is 455 g/mol. The summed E-state index contributed by atoms with van der Waals surface area (Å²) in [6.45, 7) is 2.73. The van der Waals surface area contributed by atoms with Crippen molar-refractivity contribution in [1.29, 1.82) is 0 Å². The molecule has 1 amide bonds. The number of aromatic nitrogens is 2. The highest BCUT2D eigenvalue weighted by Crippen LogP contribution is 2.31. The summed E-state index contributed by atoms with van der Waals surface area (Å²) in [5.74, 6) is 2.92. The lowest BCUT2D eigenvalue weighted by atomic mass is 10.1. The third-order valence-corrected chi connectivity index (χ3v) is 6.33. The Morgan fingerprint density at radius 2 is 1.68 bits per heavy atom. The summed E-state index contributed by atoms with van der Waals surface area (Å²) in [6.07, 6.45) is 1.34. The summed E-state index contributed by atoms with van der Waals surface area (Å²) in [4.78, 5) is 19.7. The van der Waals surface area contributed by atoms with E-state index in [-0.39, 0.29) is 11.8 Å². The zero-order valence-electron chi connectivity index (χ0n) is 19.4. The number of hydrogen-bond donors (Lipinski definition) is 0. The maximum absolute atomic E-state index is 12.8. The molecule has 5 rings (SSSR count). The van der Waals surface area contributed by atoms with E-state index in [9.17, 15) is 4.79 Å². The fourth-order valence-corrected chi connectivity index (χ4v) is 4.63. The van der Waals surface area contributed by atoms with Gasteiger partial charge in [0.15, 0.2) is 0 Å². The molecule has 6 heteroatoms. The van der Waals surface area contributed by atoms with Gasteiger partial charge in [0.25, 0.3) is 0 Å². The van der Waals surface area contributed by atoms with Gasteiger partial charge in [0, 0.05) is 32.0 Å². The first kappa shape index (κ1) is 22.0. The standard InChI is InChI=1S/C28H29N3O3/c1-33-23-12-14-24(15-13-23)34-17-7-16-31-26-11-6-5-10-25(26)29-28(31)22-18-27(32)30(20-22)19-21-8-3-2-4-9-21/h2-6,8-15,22H,7,16-20H2,1H3. The van der Waals surface area contributed by atoms with Crippen molar-refractivity contribution in [2.45, 2.75) is 31.8 Å². The third kappa shape index (κ3) is 4.76. The first-order chi connectivity index (χ1) is 16.7. The van der Waals surface area contributed by atoms with E-state index in [4.69, 9.17) is 14.5 Å². The molecule has 4 aromatic rings. The minimum absolute atomic E-state index is 0.0890. The van der Waals surface area contributed by atoms with Crippen LogP contribution in [-0.4, -0.2) is 40.6 Å². The number of rotatable bonds is 9. The molecule has 0 saturated carbocycles. The quantitative estimate of drug-likeness (QED) is 0.332. The van der Waals surface area contributed by atoms with E-state index >= 15 is 0 Å². The molecule has 0 spiro atoms. The fraction of sp³-hybridized carbons (Fsp3) is 0.286. The first-order valence-electron chi connectivity index (χ1n) is 11.7. The Morgan fingerprint density at radius 3 is 2.47 bits per heavy atom. The van der Waals surface area contributed by atoms with Crippen LogP contribution in [0, 0.1) is 0 Å². The highest BCUT2D eigenvalue weighted by Gasteiger charge is 2.33. The molecule has 2 heterocycles. The molecule has 1 aliphatic rings. The van der Waals surface area contributed by atoms with Gasteiger partial charge in [-0.2, -0.15) is 0 Å². The second kappa shape index (κ2) is 10.00. The van der Waals surface area contributed by atoms with Crippen LogP contribution < -0.4 is 9.47 Å². The van der Waals surface area contributed by atoms with Crippen LogP contribution in [0.5, 0.6) is 11.5 Å². The van der Waals surface area contributed by atoms with Crippen molar-refractivity contribution < 1.29 is 14.3 Å². The van der Waals surface area contributed by atoms with Gasteiger partial charge in [-0.05, 0) is 48.4 Å². The fourth-order valence-electron chi connectivity index (χ4n) is 4.63. The van der Waals surface area contributed by atoms with Crippen LogP contribution >= 0.6 is 0 Å². The van der Waals surface area contributed by atoms with Gasteiger partial charge in [0.1, 0.15) is 17.3 Å². The number of ether oxygens (including phenoxy) is 2. The number of nitrogens with zero attached hydrogens (tertiary/aromatic N) is 3. The molecule has 1 aromatic heterocycles. The average Bonchev–Trinajstić information content (AvgIpc) is 3.43. The van der Waals surface area contributed by atoms with Crippen molar-refractivity contribution in [3.05, 3.63) is 90.3 Å². The number of likely N-dealkylation sites (tertiary alicyclic amines) is 1. The number of carbonyl (C=O) groups is 1. The topological polar surface area (TPSA) is 56.6 Å². The van der Waals surface area contributed by atoms with E-state index in [1.807, 2.05) is 65.6 Å². The van der Waals surface area contributed by atoms with Gasteiger partial charge >= 0.3 is 0 Å². The molecule has 1 unspecified atom stereocenters. The maximum Gasteiger partial charge on any atom is 0.223 e. The summed E-state index contributed by atoms with van der Waals surface area (Å²) in [5, 5.41) is 0. The normalized spacial score (nSPS) is 15.7. The van der Waals surface area contributed by atoms with E-state index in [0.29, 0.717) is 26.1 Å². The Bertz CT molecular complexity index is 1250. The Kier molecular flexibility index (Phi) is 6.47. The lowest BCUT2D eigenvalue weighted by Crippen LogP contribution is -2.24. The Labute approximate surface area is 199 Å². The third-order valence-electron chi connectivity index (χ3n) is 6.33. The number of imidazole rings is 1. The molecule has 1 fully saturated rings. The average molecular weight is 456 g/mol. The largest absolute Gasteiger partial charge is 0.497 e. The molecule has 1 saturated heterocycles. The van der Waals surface area contributed by atoms with E-state index < -0.39 is 0 Å². The van der Waals surface area contributed by atoms with Crippen molar-refractivity contribution in [3.8, 4) is 11.5 Å². The van der Waals surface area contributed by atoms with Crippen molar-refractivity contribution >= 4 is 16.9 Å².